The molecule has 1 aromatic carbocycles. The highest BCUT2D eigenvalue weighted by Crippen LogP contribution is 2.34. The third kappa shape index (κ3) is 2.63. The molecular weight excluding hydrogens is 364 g/mol. The summed E-state index contributed by atoms with van der Waals surface area (Å²) in [6, 6.07) is 7.28. The van der Waals surface area contributed by atoms with E-state index in [1.807, 2.05) is 25.1 Å². The second-order valence-corrected chi connectivity index (χ2v) is 5.47. The minimum atomic E-state index is -0.793. The Bertz CT molecular complexity index is 544. The zero-order valence-electron chi connectivity index (χ0n) is 9.91. The van der Waals surface area contributed by atoms with Gasteiger partial charge in [0.25, 0.3) is 0 Å². The van der Waals surface area contributed by atoms with Crippen LogP contribution in [-0.2, 0) is 0 Å². The van der Waals surface area contributed by atoms with E-state index in [-0.39, 0.29) is 0 Å². The number of methoxy groups -OCH3 is 1. The summed E-state index contributed by atoms with van der Waals surface area (Å²) in [4.78, 5) is 0. The van der Waals surface area contributed by atoms with Crippen LogP contribution in [0.5, 0.6) is 5.75 Å². The summed E-state index contributed by atoms with van der Waals surface area (Å²) < 4.78 is 11.9. The Labute approximate surface area is 122 Å². The average molecular weight is 376 g/mol. The van der Waals surface area contributed by atoms with E-state index in [1.165, 1.54) is 0 Å². The van der Waals surface area contributed by atoms with Gasteiger partial charge in [-0.25, -0.2) is 0 Å². The number of furan rings is 1. The van der Waals surface area contributed by atoms with Gasteiger partial charge in [0.15, 0.2) is 4.67 Å². The van der Waals surface area contributed by atoms with Crippen LogP contribution in [0.4, 0.5) is 0 Å². The summed E-state index contributed by atoms with van der Waals surface area (Å²) in [5.41, 5.74) is 1.75. The molecule has 0 fully saturated rings. The van der Waals surface area contributed by atoms with Gasteiger partial charge in [-0.2, -0.15) is 0 Å². The molecule has 2 aromatic rings. The Morgan fingerprint density at radius 3 is 2.50 bits per heavy atom. The lowest BCUT2D eigenvalue weighted by atomic mass is 10.0. The van der Waals surface area contributed by atoms with Gasteiger partial charge in [0.2, 0.25) is 0 Å². The van der Waals surface area contributed by atoms with Crippen molar-refractivity contribution in [3.8, 4) is 5.75 Å². The van der Waals surface area contributed by atoms with Crippen LogP contribution in [0.2, 0.25) is 0 Å². The molecule has 0 aliphatic heterocycles. The molecule has 0 radical (unpaired) electrons. The highest BCUT2D eigenvalue weighted by molar-refractivity contribution is 9.13. The fraction of sp³-hybridized carbons (Fsp3) is 0.231. The van der Waals surface area contributed by atoms with E-state index in [4.69, 9.17) is 9.15 Å². The second kappa shape index (κ2) is 5.47. The van der Waals surface area contributed by atoms with Gasteiger partial charge in [-0.05, 0) is 68.1 Å². The predicted molar refractivity (Wildman–Crippen MR) is 75.9 cm³/mol. The van der Waals surface area contributed by atoms with Crippen molar-refractivity contribution in [2.45, 2.75) is 13.0 Å². The van der Waals surface area contributed by atoms with Gasteiger partial charge in [0, 0.05) is 0 Å². The van der Waals surface area contributed by atoms with Crippen molar-refractivity contribution in [1.82, 2.24) is 0 Å². The summed E-state index contributed by atoms with van der Waals surface area (Å²) in [5.74, 6) is 1.26. The first-order valence-electron chi connectivity index (χ1n) is 5.30. The molecule has 0 saturated carbocycles. The number of hydrogen-bond donors (Lipinski definition) is 1. The van der Waals surface area contributed by atoms with Gasteiger partial charge in [-0.15, -0.1) is 0 Å². The summed E-state index contributed by atoms with van der Waals surface area (Å²) in [5, 5.41) is 10.3. The molecule has 0 amide bonds. The first-order chi connectivity index (χ1) is 8.52. The fourth-order valence-electron chi connectivity index (χ4n) is 1.73. The summed E-state index contributed by atoms with van der Waals surface area (Å²) >= 11 is 6.58. The minimum absolute atomic E-state index is 0.488. The highest BCUT2D eigenvalue weighted by Gasteiger charge is 2.18. The molecular formula is C13H12Br2O3. The molecule has 1 unspecified atom stereocenters. The lowest BCUT2D eigenvalue weighted by molar-refractivity contribution is 0.187. The zero-order valence-corrected chi connectivity index (χ0v) is 13.1. The van der Waals surface area contributed by atoms with Crippen molar-refractivity contribution in [2.24, 2.45) is 0 Å². The standard InChI is InChI=1S/C13H12Br2O3/c1-7-5-8(17-2)3-4-9(7)12(16)11-6-10(14)13(15)18-11/h3-6,12,16H,1-2H3. The summed E-state index contributed by atoms with van der Waals surface area (Å²) in [6.45, 7) is 1.92. The smallest absolute Gasteiger partial charge is 0.183 e. The largest absolute Gasteiger partial charge is 0.497 e. The molecule has 1 atom stereocenters. The molecule has 96 valence electrons. The Balaban J connectivity index is 2.36. The van der Waals surface area contributed by atoms with Gasteiger partial charge >= 0.3 is 0 Å². The molecule has 0 saturated heterocycles. The SMILES string of the molecule is COc1ccc(C(O)c2cc(Br)c(Br)o2)c(C)c1. The van der Waals surface area contributed by atoms with Crippen LogP contribution in [0.1, 0.15) is 23.0 Å². The van der Waals surface area contributed by atoms with E-state index in [9.17, 15) is 5.11 Å². The van der Waals surface area contributed by atoms with Crippen molar-refractivity contribution in [3.63, 3.8) is 0 Å². The Hall–Kier alpha value is -0.780. The molecule has 0 aliphatic rings. The lowest BCUT2D eigenvalue weighted by Gasteiger charge is -2.12. The maximum absolute atomic E-state index is 10.3. The molecule has 2 rings (SSSR count). The van der Waals surface area contributed by atoms with E-state index in [0.29, 0.717) is 10.4 Å². The molecule has 1 aromatic heterocycles. The monoisotopic (exact) mass is 374 g/mol. The van der Waals surface area contributed by atoms with Crippen LogP contribution in [0.15, 0.2) is 37.8 Å². The van der Waals surface area contributed by atoms with Crippen molar-refractivity contribution >= 4 is 31.9 Å². The van der Waals surface area contributed by atoms with Crippen LogP contribution < -0.4 is 4.74 Å². The second-order valence-electron chi connectivity index (χ2n) is 3.90. The average Bonchev–Trinajstić information content (AvgIpc) is 2.68. The minimum Gasteiger partial charge on any atom is -0.497 e. The number of aryl methyl sites for hydroxylation is 1. The number of hydrogen-bond acceptors (Lipinski definition) is 3. The molecule has 1 heterocycles. The zero-order chi connectivity index (χ0) is 13.3. The molecule has 3 nitrogen and oxygen atoms in total. The van der Waals surface area contributed by atoms with E-state index < -0.39 is 6.10 Å². The topological polar surface area (TPSA) is 42.6 Å². The highest BCUT2D eigenvalue weighted by atomic mass is 79.9. The van der Waals surface area contributed by atoms with Gasteiger partial charge in [-0.3, -0.25) is 0 Å². The van der Waals surface area contributed by atoms with Gasteiger partial charge in [-0.1, -0.05) is 6.07 Å². The lowest BCUT2D eigenvalue weighted by Crippen LogP contribution is -2.01. The van der Waals surface area contributed by atoms with Gasteiger partial charge in [0.1, 0.15) is 17.6 Å². The maximum Gasteiger partial charge on any atom is 0.183 e. The van der Waals surface area contributed by atoms with E-state index in [1.54, 1.807) is 13.2 Å². The number of aliphatic hydroxyl groups is 1. The normalized spacial score (nSPS) is 12.5. The van der Waals surface area contributed by atoms with Crippen molar-refractivity contribution in [1.29, 1.82) is 0 Å². The number of halogens is 2. The van der Waals surface area contributed by atoms with Crippen LogP contribution in [0, 0.1) is 6.92 Å². The van der Waals surface area contributed by atoms with Crippen molar-refractivity contribution in [3.05, 3.63) is 50.3 Å². The first kappa shape index (κ1) is 13.6. The van der Waals surface area contributed by atoms with E-state index in [2.05, 4.69) is 31.9 Å². The van der Waals surface area contributed by atoms with Crippen molar-refractivity contribution in [2.75, 3.05) is 7.11 Å². The molecule has 0 spiro atoms. The van der Waals surface area contributed by atoms with Crippen LogP contribution in [0.3, 0.4) is 0 Å². The number of rotatable bonds is 3. The molecule has 0 bridgehead atoms. The summed E-state index contributed by atoms with van der Waals surface area (Å²) in [7, 11) is 1.62. The van der Waals surface area contributed by atoms with Gasteiger partial charge < -0.3 is 14.3 Å². The maximum atomic E-state index is 10.3. The molecule has 1 N–H and O–H groups in total. The van der Waals surface area contributed by atoms with Crippen LogP contribution in [0.25, 0.3) is 0 Å². The van der Waals surface area contributed by atoms with Crippen LogP contribution >= 0.6 is 31.9 Å². The fourth-order valence-corrected chi connectivity index (χ4v) is 2.34. The Morgan fingerprint density at radius 2 is 2.00 bits per heavy atom. The number of aliphatic hydroxyl groups excluding tert-OH is 1. The molecule has 0 aliphatic carbocycles. The van der Waals surface area contributed by atoms with Crippen LogP contribution in [-0.4, -0.2) is 12.2 Å². The predicted octanol–water partition coefficient (Wildman–Crippen LogP) is 4.20. The Kier molecular flexibility index (Phi) is 4.14. The number of ether oxygens (including phenoxy) is 1. The first-order valence-corrected chi connectivity index (χ1v) is 6.89. The van der Waals surface area contributed by atoms with Gasteiger partial charge in [0.05, 0.1) is 11.6 Å². The molecule has 18 heavy (non-hydrogen) atoms. The third-order valence-corrected chi connectivity index (χ3v) is 4.42. The summed E-state index contributed by atoms with van der Waals surface area (Å²) in [6.07, 6.45) is -0.793. The van der Waals surface area contributed by atoms with Crippen molar-refractivity contribution < 1.29 is 14.3 Å². The van der Waals surface area contributed by atoms with E-state index >= 15 is 0 Å². The number of benzene rings is 1. The van der Waals surface area contributed by atoms with E-state index in [0.717, 1.165) is 21.3 Å². The quantitative estimate of drug-likeness (QED) is 0.873. The Morgan fingerprint density at radius 1 is 1.28 bits per heavy atom. The third-order valence-electron chi connectivity index (χ3n) is 2.71. The molecule has 5 heteroatoms.